The minimum absolute atomic E-state index is 0.449. The number of aromatic nitrogens is 1. The molecule has 2 rings (SSSR count). The molecule has 0 bridgehead atoms. The zero-order chi connectivity index (χ0) is 10.5. The average Bonchev–Trinajstić information content (AvgIpc) is 2.31. The van der Waals surface area contributed by atoms with Gasteiger partial charge in [0.05, 0.1) is 6.10 Å². The van der Waals surface area contributed by atoms with E-state index in [9.17, 15) is 5.11 Å². The van der Waals surface area contributed by atoms with Crippen LogP contribution >= 0.6 is 0 Å². The standard InChI is InChI=1S/C13H13NO/c15-13(12-6-8-14-9-7-12)10-11-4-2-1-3-5-11/h1-9,13,15H,10H2/t13-/m1/s1. The van der Waals surface area contributed by atoms with Gasteiger partial charge in [-0.05, 0) is 23.3 Å². The van der Waals surface area contributed by atoms with Crippen molar-refractivity contribution in [2.75, 3.05) is 0 Å². The first-order chi connectivity index (χ1) is 7.36. The van der Waals surface area contributed by atoms with Crippen molar-refractivity contribution in [2.45, 2.75) is 12.5 Å². The van der Waals surface area contributed by atoms with Crippen molar-refractivity contribution in [2.24, 2.45) is 0 Å². The van der Waals surface area contributed by atoms with Crippen molar-refractivity contribution in [1.29, 1.82) is 0 Å². The van der Waals surface area contributed by atoms with Crippen molar-refractivity contribution in [3.63, 3.8) is 0 Å². The van der Waals surface area contributed by atoms with Crippen LogP contribution in [0.4, 0.5) is 0 Å². The second-order valence-electron chi connectivity index (χ2n) is 3.49. The lowest BCUT2D eigenvalue weighted by atomic mass is 10.0. The molecule has 1 atom stereocenters. The van der Waals surface area contributed by atoms with Gasteiger partial charge in [-0.15, -0.1) is 0 Å². The van der Waals surface area contributed by atoms with Crippen molar-refractivity contribution in [3.8, 4) is 0 Å². The van der Waals surface area contributed by atoms with Gasteiger partial charge in [-0.3, -0.25) is 4.98 Å². The summed E-state index contributed by atoms with van der Waals surface area (Å²) in [5, 5.41) is 9.95. The summed E-state index contributed by atoms with van der Waals surface area (Å²) in [7, 11) is 0. The van der Waals surface area contributed by atoms with Gasteiger partial charge >= 0.3 is 0 Å². The Balaban J connectivity index is 2.08. The van der Waals surface area contributed by atoms with Crippen LogP contribution in [-0.4, -0.2) is 10.1 Å². The molecule has 1 N–H and O–H groups in total. The van der Waals surface area contributed by atoms with Crippen LogP contribution in [0.1, 0.15) is 17.2 Å². The molecule has 0 fully saturated rings. The molecule has 0 radical (unpaired) electrons. The van der Waals surface area contributed by atoms with Gasteiger partial charge in [-0.2, -0.15) is 0 Å². The fraction of sp³-hybridized carbons (Fsp3) is 0.154. The molecular weight excluding hydrogens is 186 g/mol. The summed E-state index contributed by atoms with van der Waals surface area (Å²) in [6, 6.07) is 13.7. The molecular formula is C13H13NO. The van der Waals surface area contributed by atoms with Crippen LogP contribution in [0.3, 0.4) is 0 Å². The molecule has 2 nitrogen and oxygen atoms in total. The first-order valence-electron chi connectivity index (χ1n) is 4.98. The molecule has 0 spiro atoms. The number of pyridine rings is 1. The van der Waals surface area contributed by atoms with Crippen molar-refractivity contribution in [3.05, 3.63) is 66.0 Å². The molecule has 2 heteroatoms. The Morgan fingerprint density at radius 2 is 1.67 bits per heavy atom. The van der Waals surface area contributed by atoms with Gasteiger partial charge in [0.25, 0.3) is 0 Å². The largest absolute Gasteiger partial charge is 0.388 e. The van der Waals surface area contributed by atoms with Gasteiger partial charge in [0.2, 0.25) is 0 Å². The third kappa shape index (κ3) is 2.64. The van der Waals surface area contributed by atoms with E-state index in [4.69, 9.17) is 0 Å². The summed E-state index contributed by atoms with van der Waals surface area (Å²) >= 11 is 0. The monoisotopic (exact) mass is 199 g/mol. The van der Waals surface area contributed by atoms with Gasteiger partial charge < -0.3 is 5.11 Å². The highest BCUT2D eigenvalue weighted by molar-refractivity contribution is 5.20. The maximum Gasteiger partial charge on any atom is 0.0831 e. The molecule has 1 aromatic carbocycles. The van der Waals surface area contributed by atoms with E-state index >= 15 is 0 Å². The molecule has 0 aliphatic rings. The van der Waals surface area contributed by atoms with Crippen LogP contribution in [0.25, 0.3) is 0 Å². The van der Waals surface area contributed by atoms with Gasteiger partial charge in [-0.25, -0.2) is 0 Å². The van der Waals surface area contributed by atoms with Crippen LogP contribution in [0.2, 0.25) is 0 Å². The van der Waals surface area contributed by atoms with Gasteiger partial charge in [-0.1, -0.05) is 30.3 Å². The highest BCUT2D eigenvalue weighted by atomic mass is 16.3. The van der Waals surface area contributed by atoms with E-state index in [2.05, 4.69) is 4.98 Å². The molecule has 1 aromatic heterocycles. The zero-order valence-corrected chi connectivity index (χ0v) is 8.38. The first-order valence-corrected chi connectivity index (χ1v) is 4.98. The van der Waals surface area contributed by atoms with Crippen molar-refractivity contribution >= 4 is 0 Å². The van der Waals surface area contributed by atoms with E-state index in [1.54, 1.807) is 12.4 Å². The fourth-order valence-electron chi connectivity index (χ4n) is 1.54. The van der Waals surface area contributed by atoms with E-state index in [0.717, 1.165) is 11.1 Å². The highest BCUT2D eigenvalue weighted by Gasteiger charge is 2.07. The number of hydrogen-bond donors (Lipinski definition) is 1. The normalized spacial score (nSPS) is 12.3. The van der Waals surface area contributed by atoms with Crippen LogP contribution in [0, 0.1) is 0 Å². The Hall–Kier alpha value is -1.67. The van der Waals surface area contributed by atoms with Gasteiger partial charge in [0.1, 0.15) is 0 Å². The smallest absolute Gasteiger partial charge is 0.0831 e. The third-order valence-electron chi connectivity index (χ3n) is 2.36. The Kier molecular flexibility index (Phi) is 3.10. The molecule has 1 heterocycles. The molecule has 0 unspecified atom stereocenters. The Labute approximate surface area is 89.2 Å². The van der Waals surface area contributed by atoms with Gasteiger partial charge in [0, 0.05) is 18.8 Å². The number of rotatable bonds is 3. The average molecular weight is 199 g/mol. The zero-order valence-electron chi connectivity index (χ0n) is 8.38. The number of aliphatic hydroxyl groups excluding tert-OH is 1. The lowest BCUT2D eigenvalue weighted by molar-refractivity contribution is 0.178. The second-order valence-corrected chi connectivity index (χ2v) is 3.49. The van der Waals surface area contributed by atoms with Crippen molar-refractivity contribution in [1.82, 2.24) is 4.98 Å². The molecule has 0 aliphatic carbocycles. The molecule has 0 aliphatic heterocycles. The summed E-state index contributed by atoms with van der Waals surface area (Å²) in [6.07, 6.45) is 3.59. The van der Waals surface area contributed by atoms with E-state index < -0.39 is 6.10 Å². The van der Waals surface area contributed by atoms with Crippen LogP contribution < -0.4 is 0 Å². The SMILES string of the molecule is O[C@H](Cc1ccccc1)c1ccncc1. The van der Waals surface area contributed by atoms with Crippen molar-refractivity contribution < 1.29 is 5.11 Å². The number of aliphatic hydroxyl groups is 1. The number of nitrogens with zero attached hydrogens (tertiary/aromatic N) is 1. The van der Waals surface area contributed by atoms with E-state index in [0.29, 0.717) is 6.42 Å². The number of hydrogen-bond acceptors (Lipinski definition) is 2. The third-order valence-corrected chi connectivity index (χ3v) is 2.36. The predicted octanol–water partition coefficient (Wildman–Crippen LogP) is 2.36. The maximum absolute atomic E-state index is 9.95. The predicted molar refractivity (Wildman–Crippen MR) is 59.3 cm³/mol. The van der Waals surface area contributed by atoms with E-state index in [1.165, 1.54) is 0 Å². The molecule has 76 valence electrons. The summed E-state index contributed by atoms with van der Waals surface area (Å²) in [5.41, 5.74) is 2.05. The Bertz CT molecular complexity index is 399. The topological polar surface area (TPSA) is 33.1 Å². The molecule has 0 amide bonds. The molecule has 15 heavy (non-hydrogen) atoms. The fourth-order valence-corrected chi connectivity index (χ4v) is 1.54. The Morgan fingerprint density at radius 3 is 2.33 bits per heavy atom. The quantitative estimate of drug-likeness (QED) is 0.823. The molecule has 0 saturated carbocycles. The summed E-state index contributed by atoms with van der Waals surface area (Å²) in [5.74, 6) is 0. The van der Waals surface area contributed by atoms with E-state index in [-0.39, 0.29) is 0 Å². The summed E-state index contributed by atoms with van der Waals surface area (Å²) < 4.78 is 0. The first kappa shape index (κ1) is 9.87. The second kappa shape index (κ2) is 4.71. The Morgan fingerprint density at radius 1 is 1.00 bits per heavy atom. The molecule has 0 saturated heterocycles. The maximum atomic E-state index is 9.95. The summed E-state index contributed by atoms with van der Waals surface area (Å²) in [6.45, 7) is 0. The lowest BCUT2D eigenvalue weighted by Crippen LogP contribution is -2.01. The minimum Gasteiger partial charge on any atom is -0.388 e. The van der Waals surface area contributed by atoms with Crippen LogP contribution in [0.5, 0.6) is 0 Å². The highest BCUT2D eigenvalue weighted by Crippen LogP contribution is 2.16. The number of benzene rings is 1. The minimum atomic E-state index is -0.449. The van der Waals surface area contributed by atoms with Crippen LogP contribution in [-0.2, 0) is 6.42 Å². The van der Waals surface area contributed by atoms with E-state index in [1.807, 2.05) is 42.5 Å². The lowest BCUT2D eigenvalue weighted by Gasteiger charge is -2.10. The molecule has 2 aromatic rings. The van der Waals surface area contributed by atoms with Crippen LogP contribution in [0.15, 0.2) is 54.9 Å². The van der Waals surface area contributed by atoms with Gasteiger partial charge in [0.15, 0.2) is 0 Å². The summed E-state index contributed by atoms with van der Waals surface area (Å²) in [4.78, 5) is 3.92.